The summed E-state index contributed by atoms with van der Waals surface area (Å²) < 4.78 is 34.5. The molecule has 1 atom stereocenters. The number of hydrogen-bond donors (Lipinski definition) is 2. The Morgan fingerprint density at radius 3 is 2.50 bits per heavy atom. The maximum absolute atomic E-state index is 12.5. The molecule has 0 aromatic heterocycles. The third-order valence-corrected chi connectivity index (χ3v) is 3.04. The molecular weight excluding hydrogens is 268 g/mol. The van der Waals surface area contributed by atoms with Crippen LogP contribution in [0.4, 0.5) is 8.78 Å². The minimum absolute atomic E-state index is 0.0212. The molecule has 114 valence electrons. The van der Waals surface area contributed by atoms with Crippen molar-refractivity contribution >= 4 is 0 Å². The SMILES string of the molecule is COc1cccc(CN[C@H](CO)C(C)C)c1OC(F)F. The van der Waals surface area contributed by atoms with Crippen LogP contribution in [0.3, 0.4) is 0 Å². The molecule has 6 heteroatoms. The van der Waals surface area contributed by atoms with Crippen LogP contribution in [-0.2, 0) is 6.54 Å². The summed E-state index contributed by atoms with van der Waals surface area (Å²) in [6.07, 6.45) is 0. The Labute approximate surface area is 117 Å². The molecule has 0 radical (unpaired) electrons. The van der Waals surface area contributed by atoms with Crippen molar-refractivity contribution in [2.24, 2.45) is 5.92 Å². The molecule has 4 nitrogen and oxygen atoms in total. The van der Waals surface area contributed by atoms with E-state index in [1.807, 2.05) is 13.8 Å². The Morgan fingerprint density at radius 2 is 2.00 bits per heavy atom. The summed E-state index contributed by atoms with van der Waals surface area (Å²) in [6, 6.07) is 4.84. The van der Waals surface area contributed by atoms with Gasteiger partial charge in [-0.3, -0.25) is 0 Å². The molecule has 0 saturated heterocycles. The molecule has 0 aliphatic heterocycles. The third-order valence-electron chi connectivity index (χ3n) is 3.04. The Bertz CT molecular complexity index is 413. The van der Waals surface area contributed by atoms with Crippen LogP contribution < -0.4 is 14.8 Å². The van der Waals surface area contributed by atoms with E-state index in [1.54, 1.807) is 18.2 Å². The normalized spacial score (nSPS) is 12.8. The maximum Gasteiger partial charge on any atom is 0.387 e. The summed E-state index contributed by atoms with van der Waals surface area (Å²) in [5.74, 6) is 0.512. The molecule has 0 unspecified atom stereocenters. The molecular formula is C14H21F2NO3. The highest BCUT2D eigenvalue weighted by atomic mass is 19.3. The van der Waals surface area contributed by atoms with Crippen molar-refractivity contribution in [2.45, 2.75) is 33.0 Å². The number of benzene rings is 1. The minimum atomic E-state index is -2.91. The van der Waals surface area contributed by atoms with E-state index in [-0.39, 0.29) is 30.1 Å². The Balaban J connectivity index is 2.88. The summed E-state index contributed by atoms with van der Waals surface area (Å²) >= 11 is 0. The Morgan fingerprint density at radius 1 is 1.30 bits per heavy atom. The third kappa shape index (κ3) is 4.61. The van der Waals surface area contributed by atoms with Gasteiger partial charge in [-0.25, -0.2) is 0 Å². The number of rotatable bonds is 8. The lowest BCUT2D eigenvalue weighted by atomic mass is 10.0. The van der Waals surface area contributed by atoms with Crippen LogP contribution in [0.2, 0.25) is 0 Å². The van der Waals surface area contributed by atoms with Gasteiger partial charge in [0.15, 0.2) is 11.5 Å². The fourth-order valence-corrected chi connectivity index (χ4v) is 1.84. The first-order valence-electron chi connectivity index (χ1n) is 6.44. The molecule has 0 aliphatic carbocycles. The van der Waals surface area contributed by atoms with Crippen LogP contribution in [0.15, 0.2) is 18.2 Å². The fourth-order valence-electron chi connectivity index (χ4n) is 1.84. The summed E-state index contributed by atoms with van der Waals surface area (Å²) in [6.45, 7) is 1.31. The van der Waals surface area contributed by atoms with Crippen LogP contribution in [0, 0.1) is 5.92 Å². The molecule has 1 rings (SSSR count). The Hall–Kier alpha value is -1.40. The van der Waals surface area contributed by atoms with E-state index in [2.05, 4.69) is 10.1 Å². The standard InChI is InChI=1S/C14H21F2NO3/c1-9(2)11(8-18)17-7-10-5-4-6-12(19-3)13(10)20-14(15)16/h4-6,9,11,14,17-18H,7-8H2,1-3H3/t11-/m1/s1. The van der Waals surface area contributed by atoms with Crippen molar-refractivity contribution in [3.8, 4) is 11.5 Å². The van der Waals surface area contributed by atoms with Crippen molar-refractivity contribution in [1.29, 1.82) is 0 Å². The fraction of sp³-hybridized carbons (Fsp3) is 0.571. The van der Waals surface area contributed by atoms with Gasteiger partial charge in [0.1, 0.15) is 0 Å². The number of aliphatic hydroxyl groups is 1. The maximum atomic E-state index is 12.5. The average molecular weight is 289 g/mol. The molecule has 0 bridgehead atoms. The summed E-state index contributed by atoms with van der Waals surface area (Å²) in [4.78, 5) is 0. The number of alkyl halides is 2. The zero-order valence-electron chi connectivity index (χ0n) is 11.9. The lowest BCUT2D eigenvalue weighted by molar-refractivity contribution is -0.0519. The van der Waals surface area contributed by atoms with E-state index >= 15 is 0 Å². The predicted octanol–water partition coefficient (Wildman–Crippen LogP) is 2.40. The van der Waals surface area contributed by atoms with Crippen molar-refractivity contribution in [2.75, 3.05) is 13.7 Å². The van der Waals surface area contributed by atoms with Crippen molar-refractivity contribution in [3.05, 3.63) is 23.8 Å². The van der Waals surface area contributed by atoms with Crippen molar-refractivity contribution in [1.82, 2.24) is 5.32 Å². The number of hydrogen-bond acceptors (Lipinski definition) is 4. The van der Waals surface area contributed by atoms with E-state index in [9.17, 15) is 13.9 Å². The first-order valence-corrected chi connectivity index (χ1v) is 6.44. The van der Waals surface area contributed by atoms with E-state index in [0.717, 1.165) is 0 Å². The zero-order chi connectivity index (χ0) is 15.1. The molecule has 2 N–H and O–H groups in total. The minimum Gasteiger partial charge on any atom is -0.493 e. The van der Waals surface area contributed by atoms with Gasteiger partial charge in [0.25, 0.3) is 0 Å². The summed E-state index contributed by atoms with van der Waals surface area (Å²) in [5, 5.41) is 12.4. The smallest absolute Gasteiger partial charge is 0.387 e. The van der Waals surface area contributed by atoms with Crippen molar-refractivity contribution in [3.63, 3.8) is 0 Å². The highest BCUT2D eigenvalue weighted by Crippen LogP contribution is 2.32. The van der Waals surface area contributed by atoms with E-state index in [1.165, 1.54) is 7.11 Å². The van der Waals surface area contributed by atoms with Gasteiger partial charge in [0, 0.05) is 18.2 Å². The molecule has 1 aromatic rings. The van der Waals surface area contributed by atoms with Gasteiger partial charge in [-0.05, 0) is 12.0 Å². The molecule has 0 fully saturated rings. The Kier molecular flexibility index (Phi) is 6.67. The van der Waals surface area contributed by atoms with Gasteiger partial charge in [0.2, 0.25) is 0 Å². The van der Waals surface area contributed by atoms with Crippen LogP contribution >= 0.6 is 0 Å². The average Bonchev–Trinajstić information content (AvgIpc) is 2.39. The highest BCUT2D eigenvalue weighted by molar-refractivity contribution is 5.46. The molecule has 0 amide bonds. The number of methoxy groups -OCH3 is 1. The summed E-state index contributed by atoms with van der Waals surface area (Å²) in [7, 11) is 1.40. The topological polar surface area (TPSA) is 50.7 Å². The number of para-hydroxylation sites is 1. The van der Waals surface area contributed by atoms with Gasteiger partial charge in [-0.1, -0.05) is 26.0 Å². The zero-order valence-corrected chi connectivity index (χ0v) is 11.9. The lowest BCUT2D eigenvalue weighted by Gasteiger charge is -2.21. The predicted molar refractivity (Wildman–Crippen MR) is 72.2 cm³/mol. The number of nitrogens with one attached hydrogen (secondary N) is 1. The van der Waals surface area contributed by atoms with Gasteiger partial charge in [-0.2, -0.15) is 8.78 Å². The van der Waals surface area contributed by atoms with Crippen LogP contribution in [0.25, 0.3) is 0 Å². The molecule has 20 heavy (non-hydrogen) atoms. The quantitative estimate of drug-likeness (QED) is 0.771. The monoisotopic (exact) mass is 289 g/mol. The second-order valence-corrected chi connectivity index (χ2v) is 4.74. The second kappa shape index (κ2) is 8.01. The second-order valence-electron chi connectivity index (χ2n) is 4.74. The molecule has 0 saturated carbocycles. The molecule has 0 heterocycles. The molecule has 1 aromatic carbocycles. The number of aliphatic hydroxyl groups excluding tert-OH is 1. The van der Waals surface area contributed by atoms with Crippen LogP contribution in [0.5, 0.6) is 11.5 Å². The van der Waals surface area contributed by atoms with Crippen molar-refractivity contribution < 1.29 is 23.4 Å². The van der Waals surface area contributed by atoms with E-state index < -0.39 is 6.61 Å². The first-order chi connectivity index (χ1) is 9.49. The largest absolute Gasteiger partial charge is 0.493 e. The molecule has 0 aliphatic rings. The highest BCUT2D eigenvalue weighted by Gasteiger charge is 2.17. The van der Waals surface area contributed by atoms with Gasteiger partial charge in [-0.15, -0.1) is 0 Å². The van der Waals surface area contributed by atoms with E-state index in [4.69, 9.17) is 4.74 Å². The number of ether oxygens (including phenoxy) is 2. The van der Waals surface area contributed by atoms with Crippen LogP contribution in [0.1, 0.15) is 19.4 Å². The van der Waals surface area contributed by atoms with E-state index in [0.29, 0.717) is 12.1 Å². The van der Waals surface area contributed by atoms with Gasteiger partial charge in [0.05, 0.1) is 13.7 Å². The molecule has 0 spiro atoms. The summed E-state index contributed by atoms with van der Waals surface area (Å²) in [5.41, 5.74) is 0.559. The lowest BCUT2D eigenvalue weighted by Crippen LogP contribution is -2.36. The first kappa shape index (κ1) is 16.7. The van der Waals surface area contributed by atoms with Gasteiger partial charge >= 0.3 is 6.61 Å². The van der Waals surface area contributed by atoms with Crippen LogP contribution in [-0.4, -0.2) is 31.5 Å². The number of halogens is 2. The van der Waals surface area contributed by atoms with Gasteiger partial charge < -0.3 is 19.9 Å².